The predicted octanol–water partition coefficient (Wildman–Crippen LogP) is 1.93. The van der Waals surface area contributed by atoms with Gasteiger partial charge in [-0.2, -0.15) is 0 Å². The van der Waals surface area contributed by atoms with Crippen molar-refractivity contribution in [3.8, 4) is 5.75 Å². The number of rotatable bonds is 6. The van der Waals surface area contributed by atoms with E-state index in [2.05, 4.69) is 18.4 Å². The second kappa shape index (κ2) is 5.69. The molecule has 4 heteroatoms. The van der Waals surface area contributed by atoms with Crippen LogP contribution in [0.2, 0.25) is 0 Å². The van der Waals surface area contributed by atoms with Crippen LogP contribution in [0.4, 0.5) is 0 Å². The highest BCUT2D eigenvalue weighted by atomic mass is 16.5. The molecule has 0 amide bonds. The average Bonchev–Trinajstić information content (AvgIpc) is 3.20. The molecule has 2 rings (SSSR count). The van der Waals surface area contributed by atoms with Crippen LogP contribution in [0.5, 0.6) is 5.75 Å². The van der Waals surface area contributed by atoms with E-state index >= 15 is 0 Å². The maximum atomic E-state index is 5.73. The van der Waals surface area contributed by atoms with Gasteiger partial charge in [0.05, 0.1) is 19.3 Å². The van der Waals surface area contributed by atoms with E-state index in [4.69, 9.17) is 15.3 Å². The maximum absolute atomic E-state index is 5.73. The van der Waals surface area contributed by atoms with Gasteiger partial charge in [0.2, 0.25) is 0 Å². The first-order chi connectivity index (χ1) is 8.71. The minimum Gasteiger partial charge on any atom is -0.497 e. The van der Waals surface area contributed by atoms with Crippen molar-refractivity contribution < 1.29 is 9.47 Å². The highest BCUT2D eigenvalue weighted by molar-refractivity contribution is 5.37. The zero-order valence-corrected chi connectivity index (χ0v) is 11.3. The number of methoxy groups -OCH3 is 2. The molecular weight excluding hydrogens is 228 g/mol. The molecule has 2 unspecified atom stereocenters. The molecule has 0 heterocycles. The lowest BCUT2D eigenvalue weighted by molar-refractivity contribution is 0.0505. The molecule has 1 fully saturated rings. The Morgan fingerprint density at radius 2 is 2.06 bits per heavy atom. The first kappa shape index (κ1) is 13.3. The van der Waals surface area contributed by atoms with Crippen LogP contribution in [0.3, 0.4) is 0 Å². The van der Waals surface area contributed by atoms with Crippen molar-refractivity contribution in [2.75, 3.05) is 14.2 Å². The Morgan fingerprint density at radius 3 is 2.50 bits per heavy atom. The van der Waals surface area contributed by atoms with Crippen molar-refractivity contribution in [1.29, 1.82) is 0 Å². The van der Waals surface area contributed by atoms with Crippen LogP contribution < -0.4 is 16.0 Å². The number of nitrogens with one attached hydrogen (secondary N) is 1. The molecule has 100 valence electrons. The fraction of sp³-hybridized carbons (Fsp3) is 0.571. The quantitative estimate of drug-likeness (QED) is 0.598. The standard InChI is InChI=1S/C14H22N2O2/c1-9-8-11(17-2)6-7-12(9)13(16-15)14(18-3)10-4-5-10/h6-8,10,13-14,16H,4-5,15H2,1-3H3. The van der Waals surface area contributed by atoms with E-state index in [1.165, 1.54) is 24.0 Å². The Morgan fingerprint density at radius 1 is 1.33 bits per heavy atom. The molecule has 0 bridgehead atoms. The van der Waals surface area contributed by atoms with Crippen molar-refractivity contribution in [2.45, 2.75) is 31.9 Å². The SMILES string of the molecule is COc1ccc(C(NN)C(OC)C2CC2)c(C)c1. The molecule has 0 aromatic heterocycles. The molecule has 1 aromatic carbocycles. The second-order valence-electron chi connectivity index (χ2n) is 4.90. The molecule has 1 saturated carbocycles. The second-order valence-corrected chi connectivity index (χ2v) is 4.90. The monoisotopic (exact) mass is 250 g/mol. The van der Waals surface area contributed by atoms with Gasteiger partial charge in [-0.1, -0.05) is 6.07 Å². The summed E-state index contributed by atoms with van der Waals surface area (Å²) >= 11 is 0. The van der Waals surface area contributed by atoms with Gasteiger partial charge in [0.15, 0.2) is 0 Å². The summed E-state index contributed by atoms with van der Waals surface area (Å²) < 4.78 is 10.8. The summed E-state index contributed by atoms with van der Waals surface area (Å²) in [6, 6.07) is 6.09. The molecule has 1 aromatic rings. The third kappa shape index (κ3) is 2.66. The lowest BCUT2D eigenvalue weighted by Crippen LogP contribution is -2.39. The zero-order chi connectivity index (χ0) is 13.1. The molecule has 1 aliphatic rings. The minimum absolute atomic E-state index is 0.0356. The number of aryl methyl sites for hydroxylation is 1. The lowest BCUT2D eigenvalue weighted by atomic mass is 9.94. The van der Waals surface area contributed by atoms with Crippen LogP contribution in [0, 0.1) is 12.8 Å². The first-order valence-electron chi connectivity index (χ1n) is 6.34. The molecule has 3 N–H and O–H groups in total. The molecule has 18 heavy (non-hydrogen) atoms. The van der Waals surface area contributed by atoms with Crippen LogP contribution in [-0.2, 0) is 4.74 Å². The van der Waals surface area contributed by atoms with Crippen molar-refractivity contribution in [3.05, 3.63) is 29.3 Å². The van der Waals surface area contributed by atoms with Crippen molar-refractivity contribution in [3.63, 3.8) is 0 Å². The van der Waals surface area contributed by atoms with E-state index in [0.29, 0.717) is 5.92 Å². The normalized spacial score (nSPS) is 18.4. The number of hydrogen-bond acceptors (Lipinski definition) is 4. The highest BCUT2D eigenvalue weighted by Crippen LogP contribution is 2.40. The molecule has 2 atom stereocenters. The molecule has 0 aliphatic heterocycles. The van der Waals surface area contributed by atoms with E-state index < -0.39 is 0 Å². The fourth-order valence-electron chi connectivity index (χ4n) is 2.51. The number of hydrazine groups is 1. The number of ether oxygens (including phenoxy) is 2. The van der Waals surface area contributed by atoms with Gasteiger partial charge in [-0.3, -0.25) is 11.3 Å². The van der Waals surface area contributed by atoms with Crippen molar-refractivity contribution >= 4 is 0 Å². The van der Waals surface area contributed by atoms with E-state index in [9.17, 15) is 0 Å². The predicted molar refractivity (Wildman–Crippen MR) is 71.3 cm³/mol. The van der Waals surface area contributed by atoms with Gasteiger partial charge in [0, 0.05) is 7.11 Å². The fourth-order valence-corrected chi connectivity index (χ4v) is 2.51. The highest BCUT2D eigenvalue weighted by Gasteiger charge is 2.37. The van der Waals surface area contributed by atoms with E-state index in [1.54, 1.807) is 14.2 Å². The van der Waals surface area contributed by atoms with Crippen LogP contribution in [0.1, 0.15) is 30.0 Å². The Hall–Kier alpha value is -1.10. The smallest absolute Gasteiger partial charge is 0.119 e. The summed E-state index contributed by atoms with van der Waals surface area (Å²) in [6.45, 7) is 2.07. The van der Waals surface area contributed by atoms with Crippen LogP contribution in [0.15, 0.2) is 18.2 Å². The zero-order valence-electron chi connectivity index (χ0n) is 11.3. The molecule has 0 radical (unpaired) electrons. The number of benzene rings is 1. The van der Waals surface area contributed by atoms with Crippen LogP contribution in [-0.4, -0.2) is 20.3 Å². The first-order valence-corrected chi connectivity index (χ1v) is 6.34. The third-order valence-electron chi connectivity index (χ3n) is 3.68. The van der Waals surface area contributed by atoms with Gasteiger partial charge in [0.25, 0.3) is 0 Å². The minimum atomic E-state index is 0.0356. The molecule has 0 spiro atoms. The Bertz CT molecular complexity index is 405. The van der Waals surface area contributed by atoms with Gasteiger partial charge in [-0.25, -0.2) is 0 Å². The Kier molecular flexibility index (Phi) is 4.22. The Labute approximate surface area is 108 Å². The van der Waals surface area contributed by atoms with Gasteiger partial charge in [-0.05, 0) is 48.9 Å². The van der Waals surface area contributed by atoms with E-state index in [0.717, 1.165) is 5.75 Å². The van der Waals surface area contributed by atoms with Gasteiger partial charge >= 0.3 is 0 Å². The maximum Gasteiger partial charge on any atom is 0.119 e. The molecule has 0 saturated heterocycles. The van der Waals surface area contributed by atoms with Crippen molar-refractivity contribution in [2.24, 2.45) is 11.8 Å². The summed E-state index contributed by atoms with van der Waals surface area (Å²) in [5.41, 5.74) is 5.25. The van der Waals surface area contributed by atoms with Crippen molar-refractivity contribution in [1.82, 2.24) is 5.43 Å². The van der Waals surface area contributed by atoms with E-state index in [1.807, 2.05) is 12.1 Å². The Balaban J connectivity index is 2.25. The number of nitrogens with two attached hydrogens (primary N) is 1. The topological polar surface area (TPSA) is 56.5 Å². The van der Waals surface area contributed by atoms with E-state index in [-0.39, 0.29) is 12.1 Å². The van der Waals surface area contributed by atoms with Gasteiger partial charge < -0.3 is 9.47 Å². The number of hydrogen-bond donors (Lipinski definition) is 2. The molecule has 4 nitrogen and oxygen atoms in total. The average molecular weight is 250 g/mol. The van der Waals surface area contributed by atoms with Gasteiger partial charge in [-0.15, -0.1) is 0 Å². The van der Waals surface area contributed by atoms with Crippen LogP contribution >= 0.6 is 0 Å². The molecular formula is C14H22N2O2. The summed E-state index contributed by atoms with van der Waals surface area (Å²) in [7, 11) is 3.43. The van der Waals surface area contributed by atoms with Gasteiger partial charge in [0.1, 0.15) is 5.75 Å². The largest absolute Gasteiger partial charge is 0.497 e. The lowest BCUT2D eigenvalue weighted by Gasteiger charge is -2.27. The summed E-state index contributed by atoms with van der Waals surface area (Å²) in [5, 5.41) is 0. The summed E-state index contributed by atoms with van der Waals surface area (Å²) in [5.74, 6) is 7.22. The van der Waals surface area contributed by atoms with Crippen LogP contribution in [0.25, 0.3) is 0 Å². The molecule has 1 aliphatic carbocycles. The summed E-state index contributed by atoms with van der Waals surface area (Å²) in [6.07, 6.45) is 2.60. The third-order valence-corrected chi connectivity index (χ3v) is 3.68. The summed E-state index contributed by atoms with van der Waals surface area (Å²) in [4.78, 5) is 0.